The zero-order chi connectivity index (χ0) is 14.1. The summed E-state index contributed by atoms with van der Waals surface area (Å²) in [4.78, 5) is 0. The average Bonchev–Trinajstić information content (AvgIpc) is 2.26. The van der Waals surface area contributed by atoms with Gasteiger partial charge in [-0.2, -0.15) is 13.2 Å². The Hall–Kier alpha value is -0.750. The molecule has 0 aliphatic rings. The molecule has 1 rings (SSSR count). The van der Waals surface area contributed by atoms with Gasteiger partial charge in [-0.1, -0.05) is 35.8 Å². The molecule has 1 atom stereocenters. The minimum absolute atomic E-state index is 0.383. The summed E-state index contributed by atoms with van der Waals surface area (Å²) in [5.41, 5.74) is 4.49. The van der Waals surface area contributed by atoms with Gasteiger partial charge in [0.05, 0.1) is 7.11 Å². The number of halogens is 4. The number of hydrogen-bond donors (Lipinski definition) is 1. The lowest BCUT2D eigenvalue weighted by molar-refractivity contribution is -0.160. The molecule has 2 N–H and O–H groups in total. The van der Waals surface area contributed by atoms with Crippen LogP contribution in [0.3, 0.4) is 0 Å². The van der Waals surface area contributed by atoms with E-state index < -0.39 is 17.6 Å². The van der Waals surface area contributed by atoms with Gasteiger partial charge in [0.15, 0.2) is 0 Å². The average molecular weight is 326 g/mol. The monoisotopic (exact) mass is 325 g/mol. The number of alkyl halides is 3. The van der Waals surface area contributed by atoms with E-state index in [1.165, 1.54) is 21.0 Å². The number of benzene rings is 1. The van der Waals surface area contributed by atoms with Crippen molar-refractivity contribution in [3.63, 3.8) is 0 Å². The van der Waals surface area contributed by atoms with Gasteiger partial charge in [0, 0.05) is 15.5 Å². The highest BCUT2D eigenvalue weighted by atomic mass is 79.9. The van der Waals surface area contributed by atoms with Crippen LogP contribution in [0.25, 0.3) is 0 Å². The minimum atomic E-state index is -4.46. The van der Waals surface area contributed by atoms with Crippen LogP contribution in [-0.4, -0.2) is 19.3 Å². The summed E-state index contributed by atoms with van der Waals surface area (Å²) < 4.78 is 44.2. The van der Waals surface area contributed by atoms with Crippen LogP contribution >= 0.6 is 15.9 Å². The second-order valence-electron chi connectivity index (χ2n) is 4.59. The maximum Gasteiger partial charge on any atom is 0.404 e. The number of nitrogens with two attached hydrogens (primary N) is 1. The molecule has 1 unspecified atom stereocenters. The predicted molar refractivity (Wildman–Crippen MR) is 67.8 cm³/mol. The standard InChI is InChI=1S/C12H15BrF3NO/c1-11(2,10(17)12(14,15)16)8-5-4-7(13)6-9(8)18-3/h4-6,10H,17H2,1-3H3. The minimum Gasteiger partial charge on any atom is -0.496 e. The fourth-order valence-corrected chi connectivity index (χ4v) is 2.11. The van der Waals surface area contributed by atoms with E-state index in [0.29, 0.717) is 11.3 Å². The summed E-state index contributed by atoms with van der Waals surface area (Å²) in [6.45, 7) is 2.91. The highest BCUT2D eigenvalue weighted by molar-refractivity contribution is 9.10. The first-order valence-corrected chi connectivity index (χ1v) is 6.06. The van der Waals surface area contributed by atoms with Crippen molar-refractivity contribution >= 4 is 15.9 Å². The van der Waals surface area contributed by atoms with Crippen LogP contribution in [0.15, 0.2) is 22.7 Å². The molecule has 0 aromatic heterocycles. The second kappa shape index (κ2) is 5.09. The van der Waals surface area contributed by atoms with Crippen LogP contribution in [0.5, 0.6) is 5.75 Å². The number of hydrogen-bond acceptors (Lipinski definition) is 2. The van der Waals surface area contributed by atoms with Crippen molar-refractivity contribution in [1.82, 2.24) is 0 Å². The molecule has 0 heterocycles. The largest absolute Gasteiger partial charge is 0.496 e. The first-order valence-electron chi connectivity index (χ1n) is 5.27. The van der Waals surface area contributed by atoms with E-state index in [1.807, 2.05) is 0 Å². The fourth-order valence-electron chi connectivity index (χ4n) is 1.77. The lowest BCUT2D eigenvalue weighted by Crippen LogP contribution is -2.51. The number of ether oxygens (including phenoxy) is 1. The summed E-state index contributed by atoms with van der Waals surface area (Å²) in [6.07, 6.45) is -4.46. The van der Waals surface area contributed by atoms with Crippen molar-refractivity contribution in [2.45, 2.75) is 31.5 Å². The van der Waals surface area contributed by atoms with Crippen LogP contribution in [0, 0.1) is 0 Å². The quantitative estimate of drug-likeness (QED) is 0.921. The van der Waals surface area contributed by atoms with Gasteiger partial charge < -0.3 is 10.5 Å². The highest BCUT2D eigenvalue weighted by Gasteiger charge is 2.48. The third-order valence-electron chi connectivity index (χ3n) is 2.99. The Bertz CT molecular complexity index is 432. The van der Waals surface area contributed by atoms with Gasteiger partial charge in [-0.05, 0) is 12.1 Å². The molecule has 0 fully saturated rings. The zero-order valence-electron chi connectivity index (χ0n) is 10.3. The normalized spacial score (nSPS) is 14.4. The number of methoxy groups -OCH3 is 1. The van der Waals surface area contributed by atoms with E-state index in [1.54, 1.807) is 18.2 Å². The molecule has 0 saturated carbocycles. The summed E-state index contributed by atoms with van der Waals surface area (Å²) >= 11 is 3.25. The summed E-state index contributed by atoms with van der Waals surface area (Å²) in [7, 11) is 1.42. The first-order chi connectivity index (χ1) is 8.10. The van der Waals surface area contributed by atoms with Gasteiger partial charge >= 0.3 is 6.18 Å². The van der Waals surface area contributed by atoms with Crippen molar-refractivity contribution in [3.05, 3.63) is 28.2 Å². The molecule has 18 heavy (non-hydrogen) atoms. The molecule has 0 bridgehead atoms. The van der Waals surface area contributed by atoms with Crippen molar-refractivity contribution in [2.75, 3.05) is 7.11 Å². The molecule has 0 saturated heterocycles. The lowest BCUT2D eigenvalue weighted by Gasteiger charge is -2.34. The van der Waals surface area contributed by atoms with Crippen molar-refractivity contribution in [2.24, 2.45) is 5.73 Å². The number of rotatable bonds is 3. The topological polar surface area (TPSA) is 35.2 Å². The predicted octanol–water partition coefficient (Wildman–Crippen LogP) is 3.62. The van der Waals surface area contributed by atoms with Gasteiger partial charge in [0.2, 0.25) is 0 Å². The molecule has 0 amide bonds. The van der Waals surface area contributed by atoms with Crippen molar-refractivity contribution in [1.29, 1.82) is 0 Å². The third-order valence-corrected chi connectivity index (χ3v) is 3.48. The van der Waals surface area contributed by atoms with Crippen molar-refractivity contribution < 1.29 is 17.9 Å². The highest BCUT2D eigenvalue weighted by Crippen LogP contribution is 2.40. The molecular formula is C12H15BrF3NO. The summed E-state index contributed by atoms with van der Waals surface area (Å²) in [6, 6.07) is 2.93. The van der Waals surface area contributed by atoms with Gasteiger partial charge in [0.1, 0.15) is 11.8 Å². The van der Waals surface area contributed by atoms with Crippen LogP contribution in [0.2, 0.25) is 0 Å². The maximum atomic E-state index is 12.8. The Morgan fingerprint density at radius 1 is 1.28 bits per heavy atom. The third kappa shape index (κ3) is 2.98. The van der Waals surface area contributed by atoms with Gasteiger partial charge in [-0.25, -0.2) is 0 Å². The maximum absolute atomic E-state index is 12.8. The van der Waals surface area contributed by atoms with E-state index in [4.69, 9.17) is 10.5 Å². The fraction of sp³-hybridized carbons (Fsp3) is 0.500. The Balaban J connectivity index is 3.27. The molecule has 0 radical (unpaired) electrons. The molecule has 2 nitrogen and oxygen atoms in total. The Morgan fingerprint density at radius 3 is 2.28 bits per heavy atom. The van der Waals surface area contributed by atoms with Crippen LogP contribution < -0.4 is 10.5 Å². The zero-order valence-corrected chi connectivity index (χ0v) is 11.9. The summed E-state index contributed by atoms with van der Waals surface area (Å²) in [5, 5.41) is 0. The van der Waals surface area contributed by atoms with E-state index in [0.717, 1.165) is 4.47 Å². The molecule has 6 heteroatoms. The van der Waals surface area contributed by atoms with Gasteiger partial charge in [-0.15, -0.1) is 0 Å². The molecule has 0 aliphatic carbocycles. The van der Waals surface area contributed by atoms with Crippen molar-refractivity contribution in [3.8, 4) is 5.75 Å². The lowest BCUT2D eigenvalue weighted by atomic mass is 9.77. The van der Waals surface area contributed by atoms with Crippen LogP contribution in [-0.2, 0) is 5.41 Å². The van der Waals surface area contributed by atoms with Gasteiger partial charge in [-0.3, -0.25) is 0 Å². The Morgan fingerprint density at radius 2 is 1.83 bits per heavy atom. The second-order valence-corrected chi connectivity index (χ2v) is 5.50. The smallest absolute Gasteiger partial charge is 0.404 e. The van der Waals surface area contributed by atoms with Crippen LogP contribution in [0.4, 0.5) is 13.2 Å². The van der Waals surface area contributed by atoms with E-state index in [2.05, 4.69) is 15.9 Å². The first kappa shape index (κ1) is 15.3. The van der Waals surface area contributed by atoms with E-state index in [-0.39, 0.29) is 0 Å². The van der Waals surface area contributed by atoms with E-state index >= 15 is 0 Å². The molecular weight excluding hydrogens is 311 g/mol. The molecule has 1 aromatic carbocycles. The van der Waals surface area contributed by atoms with Crippen LogP contribution in [0.1, 0.15) is 19.4 Å². The molecule has 0 aliphatic heterocycles. The molecule has 0 spiro atoms. The van der Waals surface area contributed by atoms with E-state index in [9.17, 15) is 13.2 Å². The Labute approximate surface area is 112 Å². The summed E-state index contributed by atoms with van der Waals surface area (Å²) in [5.74, 6) is 0.383. The molecule has 102 valence electrons. The van der Waals surface area contributed by atoms with Gasteiger partial charge in [0.25, 0.3) is 0 Å². The SMILES string of the molecule is COc1cc(Br)ccc1C(C)(C)C(N)C(F)(F)F. The Kier molecular flexibility index (Phi) is 4.33. The molecule has 1 aromatic rings.